The lowest BCUT2D eigenvalue weighted by Gasteiger charge is -2.36. The van der Waals surface area contributed by atoms with Gasteiger partial charge in [0.2, 0.25) is 5.91 Å². The predicted molar refractivity (Wildman–Crippen MR) is 116 cm³/mol. The van der Waals surface area contributed by atoms with Crippen LogP contribution in [0.25, 0.3) is 11.4 Å². The largest absolute Gasteiger partial charge is 0.381 e. The van der Waals surface area contributed by atoms with Crippen LogP contribution in [0.3, 0.4) is 0 Å². The third kappa shape index (κ3) is 4.61. The first-order valence-electron chi connectivity index (χ1n) is 11.0. The van der Waals surface area contributed by atoms with E-state index in [4.69, 9.17) is 9.72 Å². The number of amides is 1. The normalized spacial score (nSPS) is 22.7. The van der Waals surface area contributed by atoms with Gasteiger partial charge in [0, 0.05) is 68.8 Å². The van der Waals surface area contributed by atoms with Gasteiger partial charge in [-0.2, -0.15) is 0 Å². The Morgan fingerprint density at radius 2 is 1.90 bits per heavy atom. The monoisotopic (exact) mass is 409 g/mol. The van der Waals surface area contributed by atoms with E-state index in [1.54, 1.807) is 19.5 Å². The van der Waals surface area contributed by atoms with E-state index in [2.05, 4.69) is 20.2 Å². The summed E-state index contributed by atoms with van der Waals surface area (Å²) in [4.78, 5) is 28.7. The number of aromatic nitrogens is 3. The summed E-state index contributed by atoms with van der Waals surface area (Å²) in [5.74, 6) is 2.34. The quantitative estimate of drug-likeness (QED) is 0.814. The fourth-order valence-corrected chi connectivity index (χ4v) is 4.63. The highest BCUT2D eigenvalue weighted by molar-refractivity contribution is 5.79. The van der Waals surface area contributed by atoms with Crippen LogP contribution in [0.15, 0.2) is 30.6 Å². The fourth-order valence-electron chi connectivity index (χ4n) is 4.63. The van der Waals surface area contributed by atoms with E-state index in [0.717, 1.165) is 68.7 Å². The third-order valence-electron chi connectivity index (χ3n) is 6.50. The number of pyridine rings is 1. The molecule has 1 saturated carbocycles. The average molecular weight is 410 g/mol. The van der Waals surface area contributed by atoms with Crippen LogP contribution in [0.5, 0.6) is 0 Å². The molecular weight excluding hydrogens is 378 g/mol. The van der Waals surface area contributed by atoms with Gasteiger partial charge in [0.15, 0.2) is 5.82 Å². The van der Waals surface area contributed by atoms with E-state index < -0.39 is 0 Å². The Hall–Kier alpha value is -2.54. The van der Waals surface area contributed by atoms with Crippen LogP contribution < -0.4 is 5.32 Å². The predicted octanol–water partition coefficient (Wildman–Crippen LogP) is 3.49. The molecule has 2 aromatic rings. The van der Waals surface area contributed by atoms with Crippen molar-refractivity contribution in [3.63, 3.8) is 0 Å². The molecule has 0 radical (unpaired) electrons. The minimum absolute atomic E-state index is 0.167. The molecule has 1 saturated heterocycles. The number of piperidine rings is 1. The van der Waals surface area contributed by atoms with Crippen LogP contribution in [0, 0.1) is 5.92 Å². The van der Waals surface area contributed by atoms with Gasteiger partial charge in [0.05, 0.1) is 6.10 Å². The van der Waals surface area contributed by atoms with Gasteiger partial charge in [-0.25, -0.2) is 9.97 Å². The van der Waals surface area contributed by atoms with E-state index >= 15 is 0 Å². The van der Waals surface area contributed by atoms with Gasteiger partial charge in [-0.3, -0.25) is 9.78 Å². The first kappa shape index (κ1) is 20.7. The van der Waals surface area contributed by atoms with Gasteiger partial charge >= 0.3 is 0 Å². The number of carbonyl (C=O) groups excluding carboxylic acids is 1. The summed E-state index contributed by atoms with van der Waals surface area (Å²) in [6.45, 7) is 1.60. The molecule has 0 atom stereocenters. The number of nitrogens with zero attached hydrogens (tertiary/aromatic N) is 4. The van der Waals surface area contributed by atoms with E-state index in [0.29, 0.717) is 23.8 Å². The second kappa shape index (κ2) is 9.51. The average Bonchev–Trinajstić information content (AvgIpc) is 2.84. The summed E-state index contributed by atoms with van der Waals surface area (Å²) in [6.07, 6.45) is 9.62. The lowest BCUT2D eigenvalue weighted by Crippen LogP contribution is -2.42. The van der Waals surface area contributed by atoms with Crippen molar-refractivity contribution in [3.8, 4) is 11.4 Å². The first-order valence-corrected chi connectivity index (χ1v) is 11.0. The van der Waals surface area contributed by atoms with Crippen molar-refractivity contribution >= 4 is 11.7 Å². The summed E-state index contributed by atoms with van der Waals surface area (Å²) in [5.41, 5.74) is 1.95. The Morgan fingerprint density at radius 3 is 2.53 bits per heavy atom. The van der Waals surface area contributed by atoms with Gasteiger partial charge in [-0.1, -0.05) is 0 Å². The Bertz CT molecular complexity index is 844. The number of hydrogen-bond acceptors (Lipinski definition) is 6. The summed E-state index contributed by atoms with van der Waals surface area (Å²) in [5, 5.41) is 3.15. The SMILES string of the molecule is CNc1cc(C2CCN(C(=O)C3CCC(OC)CC3)CC2)nc(-c2cccnc2)n1. The van der Waals surface area contributed by atoms with Crippen LogP contribution in [-0.2, 0) is 9.53 Å². The maximum Gasteiger partial charge on any atom is 0.225 e. The van der Waals surface area contributed by atoms with E-state index in [1.807, 2.05) is 25.2 Å². The maximum atomic E-state index is 13.0. The second-order valence-electron chi connectivity index (χ2n) is 8.30. The molecule has 2 aromatic heterocycles. The molecule has 30 heavy (non-hydrogen) atoms. The first-order chi connectivity index (χ1) is 14.7. The van der Waals surface area contributed by atoms with Crippen LogP contribution >= 0.6 is 0 Å². The van der Waals surface area contributed by atoms with Gasteiger partial charge in [0.1, 0.15) is 5.82 Å². The minimum Gasteiger partial charge on any atom is -0.381 e. The molecule has 0 bridgehead atoms. The zero-order chi connectivity index (χ0) is 20.9. The fraction of sp³-hybridized carbons (Fsp3) is 0.565. The number of methoxy groups -OCH3 is 1. The van der Waals surface area contributed by atoms with E-state index in [9.17, 15) is 4.79 Å². The Kier molecular flexibility index (Phi) is 6.57. The van der Waals surface area contributed by atoms with Crippen molar-refractivity contribution in [3.05, 3.63) is 36.3 Å². The lowest BCUT2D eigenvalue weighted by molar-refractivity contribution is -0.138. The van der Waals surface area contributed by atoms with Crippen LogP contribution in [0.4, 0.5) is 5.82 Å². The van der Waals surface area contributed by atoms with Crippen LogP contribution in [0.2, 0.25) is 0 Å². The van der Waals surface area contributed by atoms with Gasteiger partial charge in [-0.15, -0.1) is 0 Å². The molecule has 0 aromatic carbocycles. The molecule has 2 aliphatic rings. The highest BCUT2D eigenvalue weighted by Crippen LogP contribution is 2.32. The molecule has 1 aliphatic carbocycles. The molecule has 1 N–H and O–H groups in total. The van der Waals surface area contributed by atoms with Gasteiger partial charge < -0.3 is 15.0 Å². The van der Waals surface area contributed by atoms with Crippen LogP contribution in [0.1, 0.15) is 50.1 Å². The van der Waals surface area contributed by atoms with E-state index in [1.165, 1.54) is 0 Å². The number of nitrogens with one attached hydrogen (secondary N) is 1. The smallest absolute Gasteiger partial charge is 0.225 e. The van der Waals surface area contributed by atoms with Crippen molar-refractivity contribution in [2.24, 2.45) is 5.92 Å². The Morgan fingerprint density at radius 1 is 1.13 bits per heavy atom. The van der Waals surface area contributed by atoms with Crippen molar-refractivity contribution in [2.75, 3.05) is 32.6 Å². The van der Waals surface area contributed by atoms with Gasteiger partial charge in [0.25, 0.3) is 0 Å². The molecular formula is C23H31N5O2. The summed E-state index contributed by atoms with van der Waals surface area (Å²) in [6, 6.07) is 5.91. The van der Waals surface area contributed by atoms with Crippen molar-refractivity contribution < 1.29 is 9.53 Å². The molecule has 160 valence electrons. The highest BCUT2D eigenvalue weighted by Gasteiger charge is 2.32. The number of carbonyl (C=O) groups is 1. The molecule has 0 spiro atoms. The summed E-state index contributed by atoms with van der Waals surface area (Å²) in [7, 11) is 3.64. The molecule has 1 amide bonds. The number of anilines is 1. The molecule has 7 heteroatoms. The molecule has 7 nitrogen and oxygen atoms in total. The minimum atomic E-state index is 0.167. The number of rotatable bonds is 5. The summed E-state index contributed by atoms with van der Waals surface area (Å²) < 4.78 is 5.44. The zero-order valence-corrected chi connectivity index (χ0v) is 17.9. The number of likely N-dealkylation sites (tertiary alicyclic amines) is 1. The van der Waals surface area contributed by atoms with Gasteiger partial charge in [-0.05, 0) is 50.7 Å². The second-order valence-corrected chi connectivity index (χ2v) is 8.30. The van der Waals surface area contributed by atoms with Crippen molar-refractivity contribution in [2.45, 2.75) is 50.5 Å². The van der Waals surface area contributed by atoms with Crippen LogP contribution in [-0.4, -0.2) is 59.1 Å². The topological polar surface area (TPSA) is 80.2 Å². The van der Waals surface area contributed by atoms with E-state index in [-0.39, 0.29) is 5.92 Å². The molecule has 1 aliphatic heterocycles. The molecule has 4 rings (SSSR count). The third-order valence-corrected chi connectivity index (χ3v) is 6.50. The molecule has 3 heterocycles. The Labute approximate surface area is 178 Å². The zero-order valence-electron chi connectivity index (χ0n) is 17.9. The maximum absolute atomic E-state index is 13.0. The molecule has 2 fully saturated rings. The molecule has 0 unspecified atom stereocenters. The van der Waals surface area contributed by atoms with Crippen molar-refractivity contribution in [1.29, 1.82) is 0 Å². The lowest BCUT2D eigenvalue weighted by atomic mass is 9.85. The number of ether oxygens (including phenoxy) is 1. The number of hydrogen-bond donors (Lipinski definition) is 1. The van der Waals surface area contributed by atoms with Crippen molar-refractivity contribution in [1.82, 2.24) is 19.9 Å². The summed E-state index contributed by atoms with van der Waals surface area (Å²) >= 11 is 0. The Balaban J connectivity index is 1.41. The standard InChI is InChI=1S/C23H31N5O2/c1-24-21-14-20(26-22(27-21)18-4-3-11-25-15-18)16-9-12-28(13-10-16)23(29)17-5-7-19(30-2)8-6-17/h3-4,11,14-17,19H,5-10,12-13H2,1-2H3,(H,24,26,27). The highest BCUT2D eigenvalue weighted by atomic mass is 16.5.